The van der Waals surface area contributed by atoms with Crippen LogP contribution in [0.2, 0.25) is 0 Å². The first-order valence-electron chi connectivity index (χ1n) is 6.68. The Morgan fingerprint density at radius 1 is 0.867 bits per heavy atom. The van der Waals surface area contributed by atoms with Crippen molar-refractivity contribution in [3.63, 3.8) is 0 Å². The molecule has 0 aromatic rings. The van der Waals surface area contributed by atoms with Crippen LogP contribution in [0.25, 0.3) is 0 Å². The normalized spacial score (nSPS) is 34.8. The van der Waals surface area contributed by atoms with E-state index in [0.717, 1.165) is 11.8 Å². The predicted molar refractivity (Wildman–Crippen MR) is 66.8 cm³/mol. The fourth-order valence-electron chi connectivity index (χ4n) is 5.29. The summed E-state index contributed by atoms with van der Waals surface area (Å²) in [7, 11) is 0. The third kappa shape index (κ3) is 1.40. The van der Waals surface area contributed by atoms with E-state index in [1.54, 1.807) is 0 Å². The summed E-state index contributed by atoms with van der Waals surface area (Å²) in [6.45, 7) is 14.8. The van der Waals surface area contributed by atoms with Crippen LogP contribution < -0.4 is 0 Å². The molecule has 0 aliphatic heterocycles. The highest BCUT2D eigenvalue weighted by Gasteiger charge is 2.61. The van der Waals surface area contributed by atoms with Crippen LogP contribution in [0.5, 0.6) is 0 Å². The maximum atomic E-state index is 2.47. The Balaban J connectivity index is 2.42. The van der Waals surface area contributed by atoms with Crippen LogP contribution in [-0.4, -0.2) is 0 Å². The van der Waals surface area contributed by atoms with E-state index in [1.165, 1.54) is 25.7 Å². The second-order valence-corrected chi connectivity index (χ2v) is 8.05. The first-order valence-corrected chi connectivity index (χ1v) is 6.68. The van der Waals surface area contributed by atoms with Crippen LogP contribution in [-0.2, 0) is 0 Å². The van der Waals surface area contributed by atoms with Crippen LogP contribution >= 0.6 is 0 Å². The van der Waals surface area contributed by atoms with Gasteiger partial charge >= 0.3 is 0 Å². The molecule has 0 saturated heterocycles. The molecule has 0 N–H and O–H groups in total. The van der Waals surface area contributed by atoms with Crippen LogP contribution in [0.15, 0.2) is 0 Å². The summed E-state index contributed by atoms with van der Waals surface area (Å²) in [5.74, 6) is 2.05. The van der Waals surface area contributed by atoms with Gasteiger partial charge in [0.1, 0.15) is 0 Å². The number of hydrogen-bond acceptors (Lipinski definition) is 0. The zero-order chi connectivity index (χ0) is 11.5. The van der Waals surface area contributed by atoms with Crippen LogP contribution in [0.3, 0.4) is 0 Å². The average Bonchev–Trinajstić information content (AvgIpc) is 2.57. The molecule has 2 aliphatic rings. The van der Waals surface area contributed by atoms with E-state index in [2.05, 4.69) is 41.5 Å². The topological polar surface area (TPSA) is 0 Å². The summed E-state index contributed by atoms with van der Waals surface area (Å²) in [4.78, 5) is 0. The maximum Gasteiger partial charge on any atom is -0.0169 e. The predicted octanol–water partition coefficient (Wildman–Crippen LogP) is 4.89. The molecule has 2 fully saturated rings. The largest absolute Gasteiger partial charge is 0.0596 e. The van der Waals surface area contributed by atoms with E-state index in [9.17, 15) is 0 Å². The molecule has 0 heterocycles. The van der Waals surface area contributed by atoms with Crippen LogP contribution in [0.1, 0.15) is 67.2 Å². The molecule has 2 atom stereocenters. The van der Waals surface area contributed by atoms with Crippen molar-refractivity contribution in [3.05, 3.63) is 0 Å². The van der Waals surface area contributed by atoms with E-state index in [1.807, 2.05) is 0 Å². The summed E-state index contributed by atoms with van der Waals surface area (Å²) in [6, 6.07) is 0. The molecule has 0 unspecified atom stereocenters. The summed E-state index contributed by atoms with van der Waals surface area (Å²) in [5, 5.41) is 0. The highest BCUT2D eigenvalue weighted by molar-refractivity contribution is 5.10. The molecule has 0 aromatic carbocycles. The van der Waals surface area contributed by atoms with Crippen molar-refractivity contribution in [1.29, 1.82) is 0 Å². The number of fused-ring (bicyclic) bond motifs is 2. The number of rotatable bonds is 0. The van der Waals surface area contributed by atoms with Crippen molar-refractivity contribution in [2.24, 2.45) is 28.1 Å². The van der Waals surface area contributed by atoms with Crippen molar-refractivity contribution >= 4 is 0 Å². The van der Waals surface area contributed by atoms with Crippen molar-refractivity contribution in [2.45, 2.75) is 67.2 Å². The van der Waals surface area contributed by atoms with Crippen molar-refractivity contribution < 1.29 is 0 Å². The lowest BCUT2D eigenvalue weighted by atomic mass is 9.48. The molecule has 15 heavy (non-hydrogen) atoms. The second-order valence-electron chi connectivity index (χ2n) is 8.05. The number of hydrogen-bond donors (Lipinski definition) is 0. The first kappa shape index (κ1) is 11.5. The summed E-state index contributed by atoms with van der Waals surface area (Å²) >= 11 is 0. The molecule has 88 valence electrons. The monoisotopic (exact) mass is 208 g/mol. The molecule has 0 aromatic heterocycles. The minimum Gasteiger partial charge on any atom is -0.0596 e. The average molecular weight is 208 g/mol. The van der Waals surface area contributed by atoms with Crippen molar-refractivity contribution in [1.82, 2.24) is 0 Å². The van der Waals surface area contributed by atoms with E-state index in [-0.39, 0.29) is 0 Å². The van der Waals surface area contributed by atoms with E-state index in [4.69, 9.17) is 0 Å². The zero-order valence-corrected chi connectivity index (χ0v) is 11.5. The molecule has 2 rings (SSSR count). The molecular weight excluding hydrogens is 180 g/mol. The fraction of sp³-hybridized carbons (Fsp3) is 1.00. The Morgan fingerprint density at radius 2 is 1.40 bits per heavy atom. The Bertz CT molecular complexity index is 234. The quantitative estimate of drug-likeness (QED) is 0.532. The Labute approximate surface area is 95.8 Å². The van der Waals surface area contributed by atoms with Gasteiger partial charge in [0.05, 0.1) is 0 Å². The lowest BCUT2D eigenvalue weighted by molar-refractivity contribution is -0.0804. The van der Waals surface area contributed by atoms with Gasteiger partial charge in [-0.25, -0.2) is 0 Å². The third-order valence-corrected chi connectivity index (χ3v) is 5.53. The molecule has 0 amide bonds. The summed E-state index contributed by atoms with van der Waals surface area (Å²) < 4.78 is 0. The molecule has 2 aliphatic carbocycles. The smallest absolute Gasteiger partial charge is 0.0169 e. The minimum atomic E-state index is 0.463. The van der Waals surface area contributed by atoms with E-state index >= 15 is 0 Å². The van der Waals surface area contributed by atoms with Crippen molar-refractivity contribution in [2.75, 3.05) is 0 Å². The van der Waals surface area contributed by atoms with Gasteiger partial charge in [0.25, 0.3) is 0 Å². The first-order chi connectivity index (χ1) is 6.68. The maximum absolute atomic E-state index is 2.47. The van der Waals surface area contributed by atoms with Gasteiger partial charge in [-0.2, -0.15) is 0 Å². The molecule has 0 heteroatoms. The van der Waals surface area contributed by atoms with Gasteiger partial charge in [-0.3, -0.25) is 0 Å². The van der Waals surface area contributed by atoms with Gasteiger partial charge in [0.2, 0.25) is 0 Å². The molecule has 0 spiro atoms. The second kappa shape index (κ2) is 3.02. The standard InChI is InChI=1S/C15H28/c1-13(2,3)15(14(4,5)6)10-11-7-8-12(15)9-11/h11-12H,7-10H2,1-6H3/t11-,12+/m0/s1. The fourth-order valence-corrected chi connectivity index (χ4v) is 5.29. The summed E-state index contributed by atoms with van der Waals surface area (Å²) in [6.07, 6.45) is 6.02. The minimum absolute atomic E-state index is 0.463. The summed E-state index contributed by atoms with van der Waals surface area (Å²) in [5.41, 5.74) is 1.51. The lowest BCUT2D eigenvalue weighted by Crippen LogP contribution is -2.49. The van der Waals surface area contributed by atoms with Gasteiger partial charge < -0.3 is 0 Å². The lowest BCUT2D eigenvalue weighted by Gasteiger charge is -2.57. The Kier molecular flexibility index (Phi) is 2.31. The van der Waals surface area contributed by atoms with Crippen LogP contribution in [0.4, 0.5) is 0 Å². The molecule has 2 saturated carbocycles. The highest BCUT2D eigenvalue weighted by atomic mass is 14.7. The zero-order valence-electron chi connectivity index (χ0n) is 11.5. The van der Waals surface area contributed by atoms with E-state index < -0.39 is 0 Å². The molecule has 0 nitrogen and oxygen atoms in total. The highest BCUT2D eigenvalue weighted by Crippen LogP contribution is 2.69. The molecular formula is C15H28. The van der Waals surface area contributed by atoms with Gasteiger partial charge in [-0.15, -0.1) is 0 Å². The molecule has 0 radical (unpaired) electrons. The van der Waals surface area contributed by atoms with E-state index in [0.29, 0.717) is 16.2 Å². The van der Waals surface area contributed by atoms with Gasteiger partial charge in [0.15, 0.2) is 0 Å². The Morgan fingerprint density at radius 3 is 1.60 bits per heavy atom. The third-order valence-electron chi connectivity index (χ3n) is 5.53. The van der Waals surface area contributed by atoms with Crippen molar-refractivity contribution in [3.8, 4) is 0 Å². The van der Waals surface area contributed by atoms with Gasteiger partial charge in [-0.05, 0) is 47.3 Å². The SMILES string of the molecule is CC(C)(C)C1(C(C)(C)C)C[C@H]2CC[C@@H]1C2. The Hall–Kier alpha value is 0. The van der Waals surface area contributed by atoms with Gasteiger partial charge in [0, 0.05) is 0 Å². The van der Waals surface area contributed by atoms with Gasteiger partial charge in [-0.1, -0.05) is 48.0 Å². The molecule has 2 bridgehead atoms. The van der Waals surface area contributed by atoms with Crippen LogP contribution in [0, 0.1) is 28.1 Å².